The van der Waals surface area contributed by atoms with Crippen LogP contribution >= 0.6 is 0 Å². The van der Waals surface area contributed by atoms with E-state index in [9.17, 15) is 4.79 Å². The van der Waals surface area contributed by atoms with Crippen LogP contribution in [0.2, 0.25) is 0 Å². The van der Waals surface area contributed by atoms with Crippen LogP contribution in [-0.2, 0) is 0 Å². The quantitative estimate of drug-likeness (QED) is 0.855. The van der Waals surface area contributed by atoms with Gasteiger partial charge < -0.3 is 4.90 Å². The summed E-state index contributed by atoms with van der Waals surface area (Å²) in [5, 5.41) is 6.53. The van der Waals surface area contributed by atoms with Crippen molar-refractivity contribution < 1.29 is 4.79 Å². The van der Waals surface area contributed by atoms with Gasteiger partial charge in [-0.05, 0) is 31.1 Å². The molecule has 0 saturated carbocycles. The second-order valence-electron chi connectivity index (χ2n) is 5.21. The molecule has 94 valence electrons. The molecule has 1 aliphatic rings. The topological polar surface area (TPSA) is 49.0 Å². The first-order chi connectivity index (χ1) is 8.18. The average Bonchev–Trinajstić information content (AvgIpc) is 2.71. The fourth-order valence-electron chi connectivity index (χ4n) is 2.54. The van der Waals surface area contributed by atoms with Crippen molar-refractivity contribution >= 4 is 5.91 Å². The highest BCUT2D eigenvalue weighted by molar-refractivity contribution is 5.93. The van der Waals surface area contributed by atoms with Crippen molar-refractivity contribution in [3.63, 3.8) is 0 Å². The Morgan fingerprint density at radius 3 is 2.94 bits per heavy atom. The van der Waals surface area contributed by atoms with E-state index in [-0.39, 0.29) is 5.91 Å². The second kappa shape index (κ2) is 5.34. The molecule has 1 aromatic heterocycles. The van der Waals surface area contributed by atoms with Gasteiger partial charge in [-0.1, -0.05) is 13.8 Å². The van der Waals surface area contributed by atoms with Gasteiger partial charge in [-0.15, -0.1) is 0 Å². The van der Waals surface area contributed by atoms with Crippen molar-refractivity contribution in [3.8, 4) is 0 Å². The number of rotatable bonds is 2. The van der Waals surface area contributed by atoms with Gasteiger partial charge in [0.05, 0.1) is 11.8 Å². The SMILES string of the molecule is CC(C)C1CCCN(C(=O)c2cn[nH]c2)CC1. The van der Waals surface area contributed by atoms with Gasteiger partial charge in [-0.3, -0.25) is 9.89 Å². The maximum Gasteiger partial charge on any atom is 0.257 e. The number of carbonyl (C=O) groups excluding carboxylic acids is 1. The summed E-state index contributed by atoms with van der Waals surface area (Å²) in [5.74, 6) is 1.60. The maximum atomic E-state index is 12.2. The Labute approximate surface area is 102 Å². The molecule has 0 aromatic carbocycles. The monoisotopic (exact) mass is 235 g/mol. The molecule has 0 bridgehead atoms. The van der Waals surface area contributed by atoms with E-state index in [1.807, 2.05) is 4.90 Å². The number of hydrogen-bond donors (Lipinski definition) is 1. The van der Waals surface area contributed by atoms with Gasteiger partial charge in [0.25, 0.3) is 5.91 Å². The molecule has 2 rings (SSSR count). The molecule has 1 unspecified atom stereocenters. The predicted octanol–water partition coefficient (Wildman–Crippen LogP) is 2.31. The minimum atomic E-state index is 0.114. The number of hydrogen-bond acceptors (Lipinski definition) is 2. The number of aromatic nitrogens is 2. The Hall–Kier alpha value is -1.32. The Bertz CT molecular complexity index is 359. The summed E-state index contributed by atoms with van der Waals surface area (Å²) >= 11 is 0. The van der Waals surface area contributed by atoms with E-state index in [1.54, 1.807) is 12.4 Å². The zero-order valence-corrected chi connectivity index (χ0v) is 10.6. The first-order valence-corrected chi connectivity index (χ1v) is 6.46. The van der Waals surface area contributed by atoms with Crippen LogP contribution in [0.5, 0.6) is 0 Å². The number of aromatic amines is 1. The zero-order chi connectivity index (χ0) is 12.3. The maximum absolute atomic E-state index is 12.2. The Balaban J connectivity index is 1.97. The van der Waals surface area contributed by atoms with Crippen molar-refractivity contribution in [1.29, 1.82) is 0 Å². The standard InChI is InChI=1S/C13H21N3O/c1-10(2)11-4-3-6-16(7-5-11)13(17)12-8-14-15-9-12/h8-11H,3-7H2,1-2H3,(H,14,15). The lowest BCUT2D eigenvalue weighted by Gasteiger charge is -2.21. The summed E-state index contributed by atoms with van der Waals surface area (Å²) in [6, 6.07) is 0. The van der Waals surface area contributed by atoms with Crippen molar-refractivity contribution in [2.75, 3.05) is 13.1 Å². The van der Waals surface area contributed by atoms with Gasteiger partial charge in [0.15, 0.2) is 0 Å². The van der Waals surface area contributed by atoms with Gasteiger partial charge >= 0.3 is 0 Å². The van der Waals surface area contributed by atoms with Gasteiger partial charge in [0.2, 0.25) is 0 Å². The first-order valence-electron chi connectivity index (χ1n) is 6.46. The van der Waals surface area contributed by atoms with Crippen molar-refractivity contribution in [3.05, 3.63) is 18.0 Å². The van der Waals surface area contributed by atoms with E-state index in [4.69, 9.17) is 0 Å². The summed E-state index contributed by atoms with van der Waals surface area (Å²) in [7, 11) is 0. The zero-order valence-electron chi connectivity index (χ0n) is 10.6. The van der Waals surface area contributed by atoms with E-state index >= 15 is 0 Å². The molecule has 0 radical (unpaired) electrons. The number of H-pyrrole nitrogens is 1. The van der Waals surface area contributed by atoms with Gasteiger partial charge in [-0.2, -0.15) is 5.10 Å². The number of nitrogens with one attached hydrogen (secondary N) is 1. The third kappa shape index (κ3) is 2.87. The van der Waals surface area contributed by atoms with E-state index in [0.29, 0.717) is 5.56 Å². The predicted molar refractivity (Wildman–Crippen MR) is 66.7 cm³/mol. The molecule has 1 aliphatic heterocycles. The number of likely N-dealkylation sites (tertiary alicyclic amines) is 1. The van der Waals surface area contributed by atoms with Crippen molar-refractivity contribution in [1.82, 2.24) is 15.1 Å². The van der Waals surface area contributed by atoms with Crippen LogP contribution in [0.3, 0.4) is 0 Å². The van der Waals surface area contributed by atoms with Crippen LogP contribution in [0, 0.1) is 11.8 Å². The summed E-state index contributed by atoms with van der Waals surface area (Å²) in [6.45, 7) is 6.32. The summed E-state index contributed by atoms with van der Waals surface area (Å²) in [5.41, 5.74) is 0.674. The van der Waals surface area contributed by atoms with E-state index < -0.39 is 0 Å². The number of amides is 1. The summed E-state index contributed by atoms with van der Waals surface area (Å²) in [6.07, 6.45) is 6.76. The number of nitrogens with zero attached hydrogens (tertiary/aromatic N) is 2. The number of carbonyl (C=O) groups is 1. The Morgan fingerprint density at radius 2 is 2.29 bits per heavy atom. The summed E-state index contributed by atoms with van der Waals surface area (Å²) in [4.78, 5) is 14.1. The van der Waals surface area contributed by atoms with Gasteiger partial charge in [0, 0.05) is 19.3 Å². The van der Waals surface area contributed by atoms with Gasteiger partial charge in [0.1, 0.15) is 0 Å². The molecule has 1 aromatic rings. The highest BCUT2D eigenvalue weighted by Gasteiger charge is 2.23. The third-order valence-electron chi connectivity index (χ3n) is 3.75. The molecule has 1 amide bonds. The minimum absolute atomic E-state index is 0.114. The largest absolute Gasteiger partial charge is 0.339 e. The molecule has 1 N–H and O–H groups in total. The third-order valence-corrected chi connectivity index (χ3v) is 3.75. The highest BCUT2D eigenvalue weighted by atomic mass is 16.2. The first kappa shape index (κ1) is 12.1. The van der Waals surface area contributed by atoms with Gasteiger partial charge in [-0.25, -0.2) is 0 Å². The molecule has 1 atom stereocenters. The molecular formula is C13H21N3O. The Morgan fingerprint density at radius 1 is 1.47 bits per heavy atom. The van der Waals surface area contributed by atoms with Crippen LogP contribution in [0.1, 0.15) is 43.5 Å². The highest BCUT2D eigenvalue weighted by Crippen LogP contribution is 2.25. The van der Waals surface area contributed by atoms with Crippen LogP contribution in [0.25, 0.3) is 0 Å². The fraction of sp³-hybridized carbons (Fsp3) is 0.692. The smallest absolute Gasteiger partial charge is 0.257 e. The molecule has 0 spiro atoms. The lowest BCUT2D eigenvalue weighted by molar-refractivity contribution is 0.0759. The molecule has 4 heteroatoms. The van der Waals surface area contributed by atoms with Crippen molar-refractivity contribution in [2.24, 2.45) is 11.8 Å². The summed E-state index contributed by atoms with van der Waals surface area (Å²) < 4.78 is 0. The molecular weight excluding hydrogens is 214 g/mol. The van der Waals surface area contributed by atoms with Crippen LogP contribution in [-0.4, -0.2) is 34.1 Å². The molecule has 17 heavy (non-hydrogen) atoms. The molecule has 2 heterocycles. The molecule has 0 aliphatic carbocycles. The molecule has 1 saturated heterocycles. The lowest BCUT2D eigenvalue weighted by atomic mass is 9.89. The van der Waals surface area contributed by atoms with Crippen LogP contribution in [0.4, 0.5) is 0 Å². The van der Waals surface area contributed by atoms with Crippen molar-refractivity contribution in [2.45, 2.75) is 33.1 Å². The average molecular weight is 235 g/mol. The van der Waals surface area contributed by atoms with E-state index in [1.165, 1.54) is 6.42 Å². The fourth-order valence-corrected chi connectivity index (χ4v) is 2.54. The lowest BCUT2D eigenvalue weighted by Crippen LogP contribution is -2.31. The molecule has 4 nitrogen and oxygen atoms in total. The van der Waals surface area contributed by atoms with Crippen LogP contribution < -0.4 is 0 Å². The normalized spacial score (nSPS) is 21.6. The molecule has 1 fully saturated rings. The van der Waals surface area contributed by atoms with Crippen LogP contribution in [0.15, 0.2) is 12.4 Å². The van der Waals surface area contributed by atoms with E-state index in [2.05, 4.69) is 24.0 Å². The second-order valence-corrected chi connectivity index (χ2v) is 5.21. The Kier molecular flexibility index (Phi) is 3.82. The minimum Gasteiger partial charge on any atom is -0.339 e. The van der Waals surface area contributed by atoms with E-state index in [0.717, 1.165) is 37.8 Å².